The second kappa shape index (κ2) is 14.7. The van der Waals surface area contributed by atoms with Gasteiger partial charge < -0.3 is 9.47 Å². The Hall–Kier alpha value is -1.23. The highest BCUT2D eigenvalue weighted by Crippen LogP contribution is 2.41. The van der Waals surface area contributed by atoms with Crippen LogP contribution in [-0.2, 0) is 19.1 Å². The first-order valence-corrected chi connectivity index (χ1v) is 12.9. The third-order valence-corrected chi connectivity index (χ3v) is 7.39. The SMILES string of the molecule is CCCC(=O)OC1=C(SCCCCCC(=O)OC)C(/C=C/CC2CCCCC2)CC1. The minimum absolute atomic E-state index is 0.101. The van der Waals surface area contributed by atoms with Crippen LogP contribution in [0.5, 0.6) is 0 Å². The molecule has 0 aromatic rings. The predicted molar refractivity (Wildman–Crippen MR) is 124 cm³/mol. The number of allylic oxidation sites excluding steroid dienone is 4. The Morgan fingerprint density at radius 1 is 1.03 bits per heavy atom. The van der Waals surface area contributed by atoms with Crippen molar-refractivity contribution in [3.8, 4) is 0 Å². The Kier molecular flexibility index (Phi) is 12.3. The maximum atomic E-state index is 12.1. The Morgan fingerprint density at radius 2 is 1.83 bits per heavy atom. The van der Waals surface area contributed by atoms with Crippen molar-refractivity contribution in [2.45, 2.75) is 96.8 Å². The molecule has 5 heteroatoms. The van der Waals surface area contributed by atoms with E-state index in [0.29, 0.717) is 18.8 Å². The van der Waals surface area contributed by atoms with Crippen molar-refractivity contribution in [2.75, 3.05) is 12.9 Å². The highest BCUT2D eigenvalue weighted by molar-refractivity contribution is 8.03. The van der Waals surface area contributed by atoms with Gasteiger partial charge in [0.15, 0.2) is 0 Å². The molecule has 1 unspecified atom stereocenters. The maximum absolute atomic E-state index is 12.1. The molecule has 170 valence electrons. The van der Waals surface area contributed by atoms with Crippen LogP contribution in [0.2, 0.25) is 0 Å². The minimum atomic E-state index is -0.130. The zero-order chi connectivity index (χ0) is 21.6. The summed E-state index contributed by atoms with van der Waals surface area (Å²) in [6.07, 6.45) is 19.5. The molecule has 0 N–H and O–H groups in total. The van der Waals surface area contributed by atoms with Gasteiger partial charge in [0.1, 0.15) is 5.76 Å². The highest BCUT2D eigenvalue weighted by atomic mass is 32.2. The Balaban J connectivity index is 1.86. The molecule has 0 aromatic carbocycles. The number of thioether (sulfide) groups is 1. The number of esters is 2. The first-order chi connectivity index (χ1) is 14.6. The molecule has 30 heavy (non-hydrogen) atoms. The minimum Gasteiger partial charge on any atom is -0.469 e. The van der Waals surface area contributed by atoms with E-state index in [0.717, 1.165) is 56.0 Å². The topological polar surface area (TPSA) is 52.6 Å². The van der Waals surface area contributed by atoms with Crippen LogP contribution >= 0.6 is 11.8 Å². The molecule has 0 heterocycles. The number of unbranched alkanes of at least 4 members (excludes halogenated alkanes) is 2. The molecule has 1 saturated carbocycles. The largest absolute Gasteiger partial charge is 0.469 e. The summed E-state index contributed by atoms with van der Waals surface area (Å²) in [6, 6.07) is 0. The number of carbonyl (C=O) groups is 2. The molecular weight excluding hydrogens is 396 g/mol. The van der Waals surface area contributed by atoms with E-state index in [1.165, 1.54) is 50.5 Å². The van der Waals surface area contributed by atoms with E-state index in [2.05, 4.69) is 12.2 Å². The monoisotopic (exact) mass is 436 g/mol. The summed E-state index contributed by atoms with van der Waals surface area (Å²) in [5, 5.41) is 0. The summed E-state index contributed by atoms with van der Waals surface area (Å²) in [5.74, 6) is 2.91. The summed E-state index contributed by atoms with van der Waals surface area (Å²) in [6.45, 7) is 2.01. The fourth-order valence-electron chi connectivity index (χ4n) is 4.30. The Labute approximate surface area is 187 Å². The van der Waals surface area contributed by atoms with Gasteiger partial charge in [0.05, 0.1) is 7.11 Å². The van der Waals surface area contributed by atoms with Gasteiger partial charge in [-0.3, -0.25) is 9.59 Å². The summed E-state index contributed by atoms with van der Waals surface area (Å²) in [4.78, 5) is 24.5. The van der Waals surface area contributed by atoms with Crippen molar-refractivity contribution >= 4 is 23.7 Å². The van der Waals surface area contributed by atoms with Crippen molar-refractivity contribution in [3.63, 3.8) is 0 Å². The smallest absolute Gasteiger partial charge is 0.310 e. The average molecular weight is 437 g/mol. The van der Waals surface area contributed by atoms with Gasteiger partial charge in [0.25, 0.3) is 0 Å². The summed E-state index contributed by atoms with van der Waals surface area (Å²) < 4.78 is 10.4. The van der Waals surface area contributed by atoms with Gasteiger partial charge in [0.2, 0.25) is 0 Å². The van der Waals surface area contributed by atoms with E-state index in [9.17, 15) is 9.59 Å². The summed E-state index contributed by atoms with van der Waals surface area (Å²) >= 11 is 1.85. The van der Waals surface area contributed by atoms with Gasteiger partial charge in [-0.15, -0.1) is 11.8 Å². The Morgan fingerprint density at radius 3 is 2.57 bits per heavy atom. The van der Waals surface area contributed by atoms with E-state index < -0.39 is 0 Å². The molecule has 0 amide bonds. The molecule has 1 fully saturated rings. The molecule has 2 rings (SSSR count). The van der Waals surface area contributed by atoms with Crippen molar-refractivity contribution in [3.05, 3.63) is 22.8 Å². The van der Waals surface area contributed by atoms with E-state index >= 15 is 0 Å². The Bertz CT molecular complexity index is 590. The van der Waals surface area contributed by atoms with E-state index in [4.69, 9.17) is 9.47 Å². The number of rotatable bonds is 13. The average Bonchev–Trinajstić information content (AvgIpc) is 3.12. The van der Waals surface area contributed by atoms with Crippen LogP contribution in [0.4, 0.5) is 0 Å². The number of hydrogen-bond donors (Lipinski definition) is 0. The maximum Gasteiger partial charge on any atom is 0.310 e. The van der Waals surface area contributed by atoms with Gasteiger partial charge >= 0.3 is 11.9 Å². The summed E-state index contributed by atoms with van der Waals surface area (Å²) in [7, 11) is 1.44. The van der Waals surface area contributed by atoms with E-state index in [-0.39, 0.29) is 11.9 Å². The second-order valence-corrected chi connectivity index (χ2v) is 9.70. The summed E-state index contributed by atoms with van der Waals surface area (Å²) in [5.41, 5.74) is 0. The van der Waals surface area contributed by atoms with Crippen LogP contribution in [0.15, 0.2) is 22.8 Å². The van der Waals surface area contributed by atoms with Gasteiger partial charge in [-0.1, -0.05) is 57.6 Å². The fourth-order valence-corrected chi connectivity index (χ4v) is 5.59. The van der Waals surface area contributed by atoms with Gasteiger partial charge in [-0.25, -0.2) is 0 Å². The van der Waals surface area contributed by atoms with Crippen LogP contribution < -0.4 is 0 Å². The van der Waals surface area contributed by atoms with Crippen molar-refractivity contribution < 1.29 is 19.1 Å². The van der Waals surface area contributed by atoms with Gasteiger partial charge in [-0.2, -0.15) is 0 Å². The van der Waals surface area contributed by atoms with Crippen molar-refractivity contribution in [1.82, 2.24) is 0 Å². The molecule has 0 bridgehead atoms. The molecule has 2 aliphatic carbocycles. The van der Waals surface area contributed by atoms with Crippen LogP contribution in [0.25, 0.3) is 0 Å². The predicted octanol–water partition coefficient (Wildman–Crippen LogP) is 6.94. The number of methoxy groups -OCH3 is 1. The molecule has 2 aliphatic rings. The molecule has 0 radical (unpaired) electrons. The van der Waals surface area contributed by atoms with Crippen LogP contribution in [0, 0.1) is 11.8 Å². The normalized spacial score (nSPS) is 20.1. The lowest BCUT2D eigenvalue weighted by molar-refractivity contribution is -0.141. The van der Waals surface area contributed by atoms with Crippen molar-refractivity contribution in [2.24, 2.45) is 11.8 Å². The molecular formula is C25H40O4S. The number of hydrogen-bond acceptors (Lipinski definition) is 5. The molecule has 0 spiro atoms. The molecule has 1 atom stereocenters. The number of ether oxygens (including phenoxy) is 2. The van der Waals surface area contributed by atoms with Crippen LogP contribution in [0.3, 0.4) is 0 Å². The zero-order valence-corrected chi connectivity index (χ0v) is 19.8. The third-order valence-electron chi connectivity index (χ3n) is 6.06. The zero-order valence-electron chi connectivity index (χ0n) is 19.0. The van der Waals surface area contributed by atoms with Crippen LogP contribution in [0.1, 0.15) is 96.8 Å². The number of carbonyl (C=O) groups excluding carboxylic acids is 2. The quantitative estimate of drug-likeness (QED) is 0.178. The van der Waals surface area contributed by atoms with E-state index in [1.54, 1.807) is 0 Å². The van der Waals surface area contributed by atoms with Gasteiger partial charge in [-0.05, 0) is 43.8 Å². The molecule has 0 saturated heterocycles. The molecule has 4 nitrogen and oxygen atoms in total. The standard InChI is InChI=1S/C25H40O4S/c1-3-11-24(27)29-22-18-17-21(15-10-14-20-12-6-4-7-13-20)25(22)30-19-9-5-8-16-23(26)28-2/h10,15,20-21H,3-9,11-14,16-19H2,1-2H3/b15-10+. The highest BCUT2D eigenvalue weighted by Gasteiger charge is 2.27. The first kappa shape index (κ1) is 25.0. The lowest BCUT2D eigenvalue weighted by Gasteiger charge is -2.20. The van der Waals surface area contributed by atoms with Crippen molar-refractivity contribution in [1.29, 1.82) is 0 Å². The lowest BCUT2D eigenvalue weighted by atomic mass is 9.87. The van der Waals surface area contributed by atoms with Gasteiger partial charge in [0, 0.05) is 30.1 Å². The molecule has 0 aromatic heterocycles. The van der Waals surface area contributed by atoms with Crippen LogP contribution in [-0.4, -0.2) is 24.8 Å². The lowest BCUT2D eigenvalue weighted by Crippen LogP contribution is -2.05. The second-order valence-electron chi connectivity index (χ2n) is 8.56. The fraction of sp³-hybridized carbons (Fsp3) is 0.760. The molecule has 0 aliphatic heterocycles. The van der Waals surface area contributed by atoms with E-state index in [1.807, 2.05) is 18.7 Å². The first-order valence-electron chi connectivity index (χ1n) is 11.9. The third kappa shape index (κ3) is 9.28.